The standard InChI is InChI=1S/C7H11NS/c1-2-3-8-4-6-9-7-5-8/h4-7H,2-3H2,1H3. The molecule has 0 fully saturated rings. The Morgan fingerprint density at radius 3 is 2.56 bits per heavy atom. The third kappa shape index (κ3) is 2.14. The molecular weight excluding hydrogens is 130 g/mol. The van der Waals surface area contributed by atoms with Gasteiger partial charge in [-0.25, -0.2) is 0 Å². The van der Waals surface area contributed by atoms with Crippen molar-refractivity contribution in [3.05, 3.63) is 23.2 Å². The quantitative estimate of drug-likeness (QED) is 0.581. The lowest BCUT2D eigenvalue weighted by Gasteiger charge is -2.15. The van der Waals surface area contributed by atoms with E-state index in [-0.39, 0.29) is 0 Å². The van der Waals surface area contributed by atoms with Gasteiger partial charge in [-0.2, -0.15) is 0 Å². The summed E-state index contributed by atoms with van der Waals surface area (Å²) in [4.78, 5) is 2.19. The number of hydrogen-bond donors (Lipinski definition) is 0. The minimum atomic E-state index is 1.13. The van der Waals surface area contributed by atoms with E-state index in [0.29, 0.717) is 0 Å². The van der Waals surface area contributed by atoms with Crippen LogP contribution in [0.5, 0.6) is 0 Å². The Hall–Kier alpha value is -0.370. The molecule has 0 saturated carbocycles. The van der Waals surface area contributed by atoms with E-state index >= 15 is 0 Å². The molecule has 1 heterocycles. The summed E-state index contributed by atoms with van der Waals surface area (Å²) in [5, 5.41) is 4.19. The molecule has 1 rings (SSSR count). The summed E-state index contributed by atoms with van der Waals surface area (Å²) in [5.74, 6) is 0. The van der Waals surface area contributed by atoms with Crippen molar-refractivity contribution in [3.8, 4) is 0 Å². The Labute approximate surface area is 60.4 Å². The maximum atomic E-state index is 2.19. The van der Waals surface area contributed by atoms with Gasteiger partial charge in [-0.3, -0.25) is 0 Å². The van der Waals surface area contributed by atoms with Gasteiger partial charge in [0.1, 0.15) is 0 Å². The number of nitrogens with zero attached hydrogens (tertiary/aromatic N) is 1. The highest BCUT2D eigenvalue weighted by Gasteiger charge is 1.93. The second-order valence-electron chi connectivity index (χ2n) is 1.94. The predicted octanol–water partition coefficient (Wildman–Crippen LogP) is 2.39. The second kappa shape index (κ2) is 3.62. The Morgan fingerprint density at radius 2 is 2.00 bits per heavy atom. The van der Waals surface area contributed by atoms with E-state index in [4.69, 9.17) is 0 Å². The molecule has 0 aromatic rings. The van der Waals surface area contributed by atoms with Crippen molar-refractivity contribution in [3.63, 3.8) is 0 Å². The zero-order valence-electron chi connectivity index (χ0n) is 5.58. The number of hydrogen-bond acceptors (Lipinski definition) is 2. The Balaban J connectivity index is 2.31. The molecule has 0 radical (unpaired) electrons. The lowest BCUT2D eigenvalue weighted by atomic mass is 10.4. The van der Waals surface area contributed by atoms with Gasteiger partial charge in [-0.1, -0.05) is 6.92 Å². The Kier molecular flexibility index (Phi) is 2.71. The molecule has 50 valence electrons. The maximum absolute atomic E-state index is 2.19. The molecule has 0 spiro atoms. The SMILES string of the molecule is CCCN1C=CSC=C1. The van der Waals surface area contributed by atoms with Gasteiger partial charge >= 0.3 is 0 Å². The van der Waals surface area contributed by atoms with Crippen molar-refractivity contribution in [2.45, 2.75) is 13.3 Å². The minimum Gasteiger partial charge on any atom is -0.353 e. The fraction of sp³-hybridized carbons (Fsp3) is 0.429. The summed E-state index contributed by atoms with van der Waals surface area (Å²) in [6, 6.07) is 0. The van der Waals surface area contributed by atoms with Gasteiger partial charge in [0.15, 0.2) is 0 Å². The van der Waals surface area contributed by atoms with Crippen molar-refractivity contribution >= 4 is 11.8 Å². The maximum Gasteiger partial charge on any atom is 0.0217 e. The van der Waals surface area contributed by atoms with E-state index in [0.717, 1.165) is 6.54 Å². The highest BCUT2D eigenvalue weighted by atomic mass is 32.2. The van der Waals surface area contributed by atoms with E-state index < -0.39 is 0 Å². The van der Waals surface area contributed by atoms with Gasteiger partial charge in [-0.05, 0) is 17.2 Å². The first-order valence-electron chi connectivity index (χ1n) is 3.18. The Bertz CT molecular complexity index is 117. The molecule has 0 bridgehead atoms. The largest absolute Gasteiger partial charge is 0.353 e. The van der Waals surface area contributed by atoms with Crippen LogP contribution in [0.1, 0.15) is 13.3 Å². The first kappa shape index (κ1) is 6.75. The zero-order chi connectivity index (χ0) is 6.53. The molecule has 2 heteroatoms. The fourth-order valence-electron chi connectivity index (χ4n) is 0.729. The molecule has 0 aromatic heterocycles. The van der Waals surface area contributed by atoms with Crippen LogP contribution >= 0.6 is 11.8 Å². The lowest BCUT2D eigenvalue weighted by Crippen LogP contribution is -2.10. The number of rotatable bonds is 2. The third-order valence-electron chi connectivity index (χ3n) is 1.14. The molecule has 0 N–H and O–H groups in total. The van der Waals surface area contributed by atoms with Crippen LogP contribution in [0.2, 0.25) is 0 Å². The molecule has 1 aliphatic rings. The van der Waals surface area contributed by atoms with Crippen molar-refractivity contribution in [1.82, 2.24) is 4.90 Å². The normalized spacial score (nSPS) is 16.8. The molecule has 0 aromatic carbocycles. The van der Waals surface area contributed by atoms with Gasteiger partial charge in [0.25, 0.3) is 0 Å². The van der Waals surface area contributed by atoms with Gasteiger partial charge in [0, 0.05) is 18.9 Å². The van der Waals surface area contributed by atoms with Gasteiger partial charge in [0.05, 0.1) is 0 Å². The number of thioether (sulfide) groups is 1. The molecule has 1 nitrogen and oxygen atoms in total. The van der Waals surface area contributed by atoms with E-state index in [9.17, 15) is 0 Å². The topological polar surface area (TPSA) is 3.24 Å². The Morgan fingerprint density at radius 1 is 1.33 bits per heavy atom. The summed E-state index contributed by atoms with van der Waals surface area (Å²) in [7, 11) is 0. The first-order chi connectivity index (χ1) is 4.43. The molecule has 0 saturated heterocycles. The van der Waals surface area contributed by atoms with Gasteiger partial charge in [0.2, 0.25) is 0 Å². The van der Waals surface area contributed by atoms with Gasteiger partial charge in [-0.15, -0.1) is 11.8 Å². The molecule has 0 unspecified atom stereocenters. The van der Waals surface area contributed by atoms with Crippen LogP contribution in [0.25, 0.3) is 0 Å². The molecule has 9 heavy (non-hydrogen) atoms. The summed E-state index contributed by atoms with van der Waals surface area (Å²) in [6.07, 6.45) is 5.42. The molecule has 0 aliphatic carbocycles. The minimum absolute atomic E-state index is 1.13. The summed E-state index contributed by atoms with van der Waals surface area (Å²) < 4.78 is 0. The van der Waals surface area contributed by atoms with Gasteiger partial charge < -0.3 is 4.90 Å². The van der Waals surface area contributed by atoms with Crippen LogP contribution in [0, 0.1) is 0 Å². The van der Waals surface area contributed by atoms with E-state index in [2.05, 4.69) is 35.0 Å². The van der Waals surface area contributed by atoms with Crippen molar-refractivity contribution in [2.24, 2.45) is 0 Å². The average molecular weight is 141 g/mol. The van der Waals surface area contributed by atoms with Crippen LogP contribution in [0.15, 0.2) is 23.2 Å². The van der Waals surface area contributed by atoms with Crippen LogP contribution in [-0.4, -0.2) is 11.4 Å². The predicted molar refractivity (Wildman–Crippen MR) is 42.9 cm³/mol. The first-order valence-corrected chi connectivity index (χ1v) is 4.12. The summed E-state index contributed by atoms with van der Waals surface area (Å²) in [6.45, 7) is 3.32. The average Bonchev–Trinajstić information content (AvgIpc) is 1.91. The van der Waals surface area contributed by atoms with Crippen molar-refractivity contribution in [1.29, 1.82) is 0 Å². The van der Waals surface area contributed by atoms with Crippen LogP contribution in [-0.2, 0) is 0 Å². The van der Waals surface area contributed by atoms with E-state index in [1.807, 2.05) is 0 Å². The van der Waals surface area contributed by atoms with E-state index in [1.54, 1.807) is 11.8 Å². The summed E-state index contributed by atoms with van der Waals surface area (Å²) >= 11 is 1.72. The second-order valence-corrected chi connectivity index (χ2v) is 2.76. The van der Waals surface area contributed by atoms with Crippen LogP contribution < -0.4 is 0 Å². The highest BCUT2D eigenvalue weighted by molar-refractivity contribution is 8.04. The monoisotopic (exact) mass is 141 g/mol. The van der Waals surface area contributed by atoms with E-state index in [1.165, 1.54) is 6.42 Å². The molecular formula is C7H11NS. The lowest BCUT2D eigenvalue weighted by molar-refractivity contribution is 0.502. The third-order valence-corrected chi connectivity index (χ3v) is 1.70. The summed E-state index contributed by atoms with van der Waals surface area (Å²) in [5.41, 5.74) is 0. The van der Waals surface area contributed by atoms with Crippen LogP contribution in [0.4, 0.5) is 0 Å². The van der Waals surface area contributed by atoms with Crippen molar-refractivity contribution in [2.75, 3.05) is 6.54 Å². The molecule has 0 amide bonds. The molecule has 1 aliphatic heterocycles. The fourth-order valence-corrected chi connectivity index (χ4v) is 1.27. The van der Waals surface area contributed by atoms with Crippen molar-refractivity contribution < 1.29 is 0 Å². The van der Waals surface area contributed by atoms with Crippen LogP contribution in [0.3, 0.4) is 0 Å². The molecule has 0 atom stereocenters. The highest BCUT2D eigenvalue weighted by Crippen LogP contribution is 2.11. The smallest absolute Gasteiger partial charge is 0.0217 e. The zero-order valence-corrected chi connectivity index (χ0v) is 6.40.